The SMILES string of the molecule is Cn1ncc(C2CC2)c1C1CNC1. The molecule has 0 spiro atoms. The minimum atomic E-state index is 0.725. The Labute approximate surface area is 78.1 Å². The minimum absolute atomic E-state index is 0.725. The lowest BCUT2D eigenvalue weighted by atomic mass is 9.94. The zero-order valence-electron chi connectivity index (χ0n) is 7.95. The molecular weight excluding hydrogens is 162 g/mol. The van der Waals surface area contributed by atoms with E-state index in [4.69, 9.17) is 0 Å². The van der Waals surface area contributed by atoms with Crippen LogP contribution in [0.4, 0.5) is 0 Å². The van der Waals surface area contributed by atoms with Gasteiger partial charge in [0.2, 0.25) is 0 Å². The maximum Gasteiger partial charge on any atom is 0.0527 e. The lowest BCUT2D eigenvalue weighted by molar-refractivity contribution is 0.422. The van der Waals surface area contributed by atoms with Gasteiger partial charge in [-0.25, -0.2) is 0 Å². The fraction of sp³-hybridized carbons (Fsp3) is 0.700. The van der Waals surface area contributed by atoms with Gasteiger partial charge in [-0.1, -0.05) is 0 Å². The van der Waals surface area contributed by atoms with Gasteiger partial charge in [-0.05, 0) is 24.3 Å². The first-order chi connectivity index (χ1) is 6.36. The van der Waals surface area contributed by atoms with E-state index in [0.717, 1.165) is 24.9 Å². The van der Waals surface area contributed by atoms with Crippen LogP contribution in [0, 0.1) is 0 Å². The monoisotopic (exact) mass is 177 g/mol. The summed E-state index contributed by atoms with van der Waals surface area (Å²) in [7, 11) is 2.07. The van der Waals surface area contributed by atoms with Crippen molar-refractivity contribution < 1.29 is 0 Å². The molecule has 1 aromatic heterocycles. The van der Waals surface area contributed by atoms with E-state index < -0.39 is 0 Å². The van der Waals surface area contributed by atoms with E-state index in [2.05, 4.69) is 28.3 Å². The van der Waals surface area contributed by atoms with Crippen LogP contribution in [-0.4, -0.2) is 22.9 Å². The minimum Gasteiger partial charge on any atom is -0.315 e. The fourth-order valence-electron chi connectivity index (χ4n) is 2.15. The van der Waals surface area contributed by atoms with Crippen LogP contribution in [0.5, 0.6) is 0 Å². The summed E-state index contributed by atoms with van der Waals surface area (Å²) in [5.41, 5.74) is 3.01. The van der Waals surface area contributed by atoms with Crippen molar-refractivity contribution in [1.82, 2.24) is 15.1 Å². The van der Waals surface area contributed by atoms with Gasteiger partial charge < -0.3 is 5.32 Å². The van der Waals surface area contributed by atoms with Gasteiger partial charge in [0, 0.05) is 31.7 Å². The number of nitrogens with zero attached hydrogens (tertiary/aromatic N) is 2. The lowest BCUT2D eigenvalue weighted by Crippen LogP contribution is -2.41. The molecule has 3 rings (SSSR count). The molecule has 1 N–H and O–H groups in total. The third kappa shape index (κ3) is 1.10. The molecule has 2 heterocycles. The van der Waals surface area contributed by atoms with Crippen LogP contribution in [0.1, 0.15) is 35.9 Å². The number of rotatable bonds is 2. The van der Waals surface area contributed by atoms with Crippen LogP contribution >= 0.6 is 0 Å². The third-order valence-electron chi connectivity index (χ3n) is 3.20. The molecule has 3 nitrogen and oxygen atoms in total. The molecule has 1 aliphatic carbocycles. The van der Waals surface area contributed by atoms with E-state index in [0.29, 0.717) is 0 Å². The molecule has 0 radical (unpaired) electrons. The first-order valence-corrected chi connectivity index (χ1v) is 5.09. The van der Waals surface area contributed by atoms with Crippen LogP contribution in [0.15, 0.2) is 6.20 Å². The Balaban J connectivity index is 1.98. The topological polar surface area (TPSA) is 29.9 Å². The van der Waals surface area contributed by atoms with E-state index in [1.807, 2.05) is 0 Å². The lowest BCUT2D eigenvalue weighted by Gasteiger charge is -2.28. The molecule has 1 aliphatic heterocycles. The Kier molecular flexibility index (Phi) is 1.50. The van der Waals surface area contributed by atoms with E-state index >= 15 is 0 Å². The van der Waals surface area contributed by atoms with E-state index in [1.165, 1.54) is 24.1 Å². The van der Waals surface area contributed by atoms with Crippen molar-refractivity contribution in [2.45, 2.75) is 24.7 Å². The molecule has 2 aliphatic rings. The number of aryl methyl sites for hydroxylation is 1. The first kappa shape index (κ1) is 7.56. The normalized spacial score (nSPS) is 23.2. The van der Waals surface area contributed by atoms with Crippen molar-refractivity contribution in [1.29, 1.82) is 0 Å². The molecule has 13 heavy (non-hydrogen) atoms. The quantitative estimate of drug-likeness (QED) is 0.730. The second-order valence-electron chi connectivity index (χ2n) is 4.24. The van der Waals surface area contributed by atoms with Gasteiger partial charge in [0.15, 0.2) is 0 Å². The Hall–Kier alpha value is -0.830. The highest BCUT2D eigenvalue weighted by atomic mass is 15.3. The zero-order chi connectivity index (χ0) is 8.84. The van der Waals surface area contributed by atoms with Crippen LogP contribution in [0.2, 0.25) is 0 Å². The van der Waals surface area contributed by atoms with Crippen molar-refractivity contribution in [3.8, 4) is 0 Å². The Morgan fingerprint density at radius 3 is 2.69 bits per heavy atom. The Bertz CT molecular complexity index is 321. The summed E-state index contributed by atoms with van der Waals surface area (Å²) in [4.78, 5) is 0. The molecule has 70 valence electrons. The summed E-state index contributed by atoms with van der Waals surface area (Å²) in [6.45, 7) is 2.28. The number of hydrogen-bond acceptors (Lipinski definition) is 2. The first-order valence-electron chi connectivity index (χ1n) is 5.09. The summed E-state index contributed by atoms with van der Waals surface area (Å²) in [5, 5.41) is 7.69. The molecule has 3 heteroatoms. The van der Waals surface area contributed by atoms with Crippen molar-refractivity contribution in [2.24, 2.45) is 7.05 Å². The fourth-order valence-corrected chi connectivity index (χ4v) is 2.15. The van der Waals surface area contributed by atoms with Gasteiger partial charge in [-0.3, -0.25) is 4.68 Å². The van der Waals surface area contributed by atoms with E-state index in [9.17, 15) is 0 Å². The smallest absolute Gasteiger partial charge is 0.0527 e. The number of nitrogens with one attached hydrogen (secondary N) is 1. The highest BCUT2D eigenvalue weighted by Gasteiger charge is 2.32. The molecular formula is C10H15N3. The van der Waals surface area contributed by atoms with Crippen LogP contribution in [0.3, 0.4) is 0 Å². The van der Waals surface area contributed by atoms with Crippen molar-refractivity contribution in [2.75, 3.05) is 13.1 Å². The van der Waals surface area contributed by atoms with Crippen molar-refractivity contribution in [3.05, 3.63) is 17.5 Å². The van der Waals surface area contributed by atoms with Crippen LogP contribution in [-0.2, 0) is 7.05 Å². The zero-order valence-corrected chi connectivity index (χ0v) is 7.95. The largest absolute Gasteiger partial charge is 0.315 e. The molecule has 2 fully saturated rings. The van der Waals surface area contributed by atoms with Gasteiger partial charge in [-0.15, -0.1) is 0 Å². The maximum absolute atomic E-state index is 4.37. The third-order valence-corrected chi connectivity index (χ3v) is 3.20. The molecule has 0 atom stereocenters. The van der Waals surface area contributed by atoms with Gasteiger partial charge in [0.05, 0.1) is 6.20 Å². The van der Waals surface area contributed by atoms with Crippen molar-refractivity contribution in [3.63, 3.8) is 0 Å². The standard InChI is InChI=1S/C10H15N3/c1-13-10(8-4-11-5-8)9(6-12-13)7-2-3-7/h6-8,11H,2-5H2,1H3. The second-order valence-corrected chi connectivity index (χ2v) is 4.24. The van der Waals surface area contributed by atoms with Gasteiger partial charge in [0.1, 0.15) is 0 Å². The molecule has 1 aromatic rings. The molecule has 0 aromatic carbocycles. The maximum atomic E-state index is 4.37. The molecule has 0 bridgehead atoms. The second kappa shape index (κ2) is 2.58. The number of aromatic nitrogens is 2. The summed E-state index contributed by atoms with van der Waals surface area (Å²) in [5.74, 6) is 1.56. The summed E-state index contributed by atoms with van der Waals surface area (Å²) in [6.07, 6.45) is 4.82. The average Bonchev–Trinajstić information content (AvgIpc) is 2.78. The predicted octanol–water partition coefficient (Wildman–Crippen LogP) is 0.984. The van der Waals surface area contributed by atoms with E-state index in [1.54, 1.807) is 0 Å². The van der Waals surface area contributed by atoms with Crippen LogP contribution in [0.25, 0.3) is 0 Å². The van der Waals surface area contributed by atoms with Crippen molar-refractivity contribution >= 4 is 0 Å². The summed E-state index contributed by atoms with van der Waals surface area (Å²) >= 11 is 0. The summed E-state index contributed by atoms with van der Waals surface area (Å²) in [6, 6.07) is 0. The summed E-state index contributed by atoms with van der Waals surface area (Å²) < 4.78 is 2.07. The predicted molar refractivity (Wildman–Crippen MR) is 50.8 cm³/mol. The average molecular weight is 177 g/mol. The molecule has 0 unspecified atom stereocenters. The number of hydrogen-bond donors (Lipinski definition) is 1. The van der Waals surface area contributed by atoms with Gasteiger partial charge in [0.25, 0.3) is 0 Å². The Morgan fingerprint density at radius 2 is 2.15 bits per heavy atom. The van der Waals surface area contributed by atoms with Gasteiger partial charge >= 0.3 is 0 Å². The highest BCUT2D eigenvalue weighted by Crippen LogP contribution is 2.43. The molecule has 1 saturated carbocycles. The highest BCUT2D eigenvalue weighted by molar-refractivity contribution is 5.31. The van der Waals surface area contributed by atoms with Crippen LogP contribution < -0.4 is 5.32 Å². The molecule has 1 saturated heterocycles. The van der Waals surface area contributed by atoms with Gasteiger partial charge in [-0.2, -0.15) is 5.10 Å². The Morgan fingerprint density at radius 1 is 1.38 bits per heavy atom. The molecule has 0 amide bonds. The van der Waals surface area contributed by atoms with E-state index in [-0.39, 0.29) is 0 Å².